The molecule has 0 bridgehead atoms. The number of aromatic nitrogens is 1. The Morgan fingerprint density at radius 3 is 2.55 bits per heavy atom. The minimum absolute atomic E-state index is 0.0315. The molecule has 1 aromatic heterocycles. The fraction of sp³-hybridized carbons (Fsp3) is 0.273. The first-order chi connectivity index (χ1) is 15.8. The summed E-state index contributed by atoms with van der Waals surface area (Å²) in [6.07, 6.45) is 0. The molecule has 1 amide bonds. The quantitative estimate of drug-likeness (QED) is 0.547. The zero-order valence-electron chi connectivity index (χ0n) is 17.9. The largest absolute Gasteiger partial charge is 0.455 e. The van der Waals surface area contributed by atoms with Crippen LogP contribution in [-0.4, -0.2) is 49.5 Å². The summed E-state index contributed by atoms with van der Waals surface area (Å²) in [7, 11) is -3.78. The van der Waals surface area contributed by atoms with Crippen molar-refractivity contribution in [3.05, 3.63) is 69.3 Å². The van der Waals surface area contributed by atoms with E-state index in [1.54, 1.807) is 36.6 Å². The third-order valence-electron chi connectivity index (χ3n) is 5.08. The van der Waals surface area contributed by atoms with Crippen LogP contribution in [0, 0.1) is 6.92 Å². The van der Waals surface area contributed by atoms with Crippen LogP contribution in [0.4, 0.5) is 5.69 Å². The van der Waals surface area contributed by atoms with E-state index in [1.165, 1.54) is 27.1 Å². The Bertz CT molecular complexity index is 1300. The summed E-state index contributed by atoms with van der Waals surface area (Å²) in [5, 5.41) is 4.39. The number of ether oxygens (including phenoxy) is 2. The van der Waals surface area contributed by atoms with Crippen LogP contribution in [0.2, 0.25) is 0 Å². The number of hydrogen-bond acceptors (Lipinski definition) is 7. The lowest BCUT2D eigenvalue weighted by atomic mass is 10.2. The van der Waals surface area contributed by atoms with Crippen LogP contribution in [-0.2, 0) is 26.1 Å². The van der Waals surface area contributed by atoms with Crippen molar-refractivity contribution in [1.29, 1.82) is 0 Å². The average molecular weight is 490 g/mol. The maximum atomic E-state index is 13.1. The minimum atomic E-state index is -3.78. The van der Waals surface area contributed by atoms with Crippen LogP contribution in [0.25, 0.3) is 0 Å². The molecule has 0 spiro atoms. The number of carbonyl (C=O) groups is 1. The Balaban J connectivity index is 1.65. The summed E-state index contributed by atoms with van der Waals surface area (Å²) < 4.78 is 40.1. The summed E-state index contributed by atoms with van der Waals surface area (Å²) in [4.78, 5) is 24.5. The number of para-hydroxylation sites is 1. The van der Waals surface area contributed by atoms with Gasteiger partial charge in [-0.05, 0) is 37.3 Å². The fourth-order valence-corrected chi connectivity index (χ4v) is 5.51. The molecule has 1 aliphatic rings. The van der Waals surface area contributed by atoms with Gasteiger partial charge in [0.1, 0.15) is 12.3 Å². The summed E-state index contributed by atoms with van der Waals surface area (Å²) in [5.74, 6) is 0.337. The van der Waals surface area contributed by atoms with Gasteiger partial charge in [0.05, 0.1) is 23.8 Å². The van der Waals surface area contributed by atoms with Gasteiger partial charge in [0.2, 0.25) is 15.9 Å². The van der Waals surface area contributed by atoms with E-state index in [9.17, 15) is 18.0 Å². The van der Waals surface area contributed by atoms with Gasteiger partial charge < -0.3 is 14.8 Å². The molecule has 1 saturated heterocycles. The minimum Gasteiger partial charge on any atom is -0.455 e. The average Bonchev–Trinajstić information content (AvgIpc) is 3.13. The van der Waals surface area contributed by atoms with Crippen LogP contribution >= 0.6 is 11.3 Å². The monoisotopic (exact) mass is 489 g/mol. The molecule has 9 nitrogen and oxygen atoms in total. The summed E-state index contributed by atoms with van der Waals surface area (Å²) in [6.45, 7) is 2.71. The summed E-state index contributed by atoms with van der Waals surface area (Å²) >= 11 is 1.01. The molecule has 3 aromatic rings. The maximum Gasteiger partial charge on any atom is 0.307 e. The molecule has 33 heavy (non-hydrogen) atoms. The second-order valence-corrected chi connectivity index (χ2v) is 10.1. The molecule has 0 aliphatic carbocycles. The van der Waals surface area contributed by atoms with Gasteiger partial charge in [0.25, 0.3) is 0 Å². The number of hydrogen-bond donors (Lipinski definition) is 1. The van der Waals surface area contributed by atoms with Crippen molar-refractivity contribution in [2.24, 2.45) is 0 Å². The number of amides is 1. The van der Waals surface area contributed by atoms with Crippen molar-refractivity contribution < 1.29 is 22.7 Å². The lowest BCUT2D eigenvalue weighted by molar-refractivity contribution is -0.116. The van der Waals surface area contributed by atoms with Gasteiger partial charge in [-0.2, -0.15) is 4.31 Å². The van der Waals surface area contributed by atoms with E-state index in [0.29, 0.717) is 24.7 Å². The molecule has 1 fully saturated rings. The molecular formula is C22H23N3O6S2. The van der Waals surface area contributed by atoms with Crippen LogP contribution in [0.5, 0.6) is 11.5 Å². The zero-order valence-corrected chi connectivity index (χ0v) is 19.5. The van der Waals surface area contributed by atoms with Gasteiger partial charge in [0.15, 0.2) is 5.75 Å². The first-order valence-electron chi connectivity index (χ1n) is 10.2. The Morgan fingerprint density at radius 2 is 1.88 bits per heavy atom. The SMILES string of the molecule is Cc1csc(=O)n1CC(=O)Nc1cc(S(=O)(=O)N2CCOCC2)ccc1Oc1ccccc1. The third kappa shape index (κ3) is 5.33. The number of anilines is 1. The number of aryl methyl sites for hydroxylation is 1. The van der Waals surface area contributed by atoms with Crippen molar-refractivity contribution in [1.82, 2.24) is 8.87 Å². The third-order valence-corrected chi connectivity index (χ3v) is 7.86. The van der Waals surface area contributed by atoms with Gasteiger partial charge in [-0.1, -0.05) is 29.5 Å². The Labute approximate surface area is 195 Å². The number of morpholine rings is 1. The summed E-state index contributed by atoms with van der Waals surface area (Å²) in [5.41, 5.74) is 0.865. The van der Waals surface area contributed by atoms with Crippen molar-refractivity contribution in [2.45, 2.75) is 18.4 Å². The molecule has 4 rings (SSSR count). The highest BCUT2D eigenvalue weighted by molar-refractivity contribution is 7.89. The molecule has 0 atom stereocenters. The highest BCUT2D eigenvalue weighted by Crippen LogP contribution is 2.33. The topological polar surface area (TPSA) is 107 Å². The maximum absolute atomic E-state index is 13.1. The number of sulfonamides is 1. The van der Waals surface area contributed by atoms with Crippen molar-refractivity contribution in [3.63, 3.8) is 0 Å². The number of rotatable bonds is 7. The number of nitrogens with one attached hydrogen (secondary N) is 1. The van der Waals surface area contributed by atoms with Crippen molar-refractivity contribution in [3.8, 4) is 11.5 Å². The number of benzene rings is 2. The van der Waals surface area contributed by atoms with E-state index in [2.05, 4.69) is 5.32 Å². The normalized spacial score (nSPS) is 14.7. The van der Waals surface area contributed by atoms with E-state index < -0.39 is 15.9 Å². The van der Waals surface area contributed by atoms with Gasteiger partial charge in [-0.25, -0.2) is 8.42 Å². The first-order valence-corrected chi connectivity index (χ1v) is 12.6. The molecule has 11 heteroatoms. The lowest BCUT2D eigenvalue weighted by Crippen LogP contribution is -2.40. The fourth-order valence-electron chi connectivity index (χ4n) is 3.34. The molecule has 1 aliphatic heterocycles. The predicted molar refractivity (Wildman–Crippen MR) is 124 cm³/mol. The molecule has 0 unspecified atom stereocenters. The molecule has 0 saturated carbocycles. The van der Waals surface area contributed by atoms with Gasteiger partial charge in [-0.15, -0.1) is 0 Å². The standard InChI is InChI=1S/C22H23N3O6S2/c1-16-15-32-22(27)25(16)14-21(26)23-19-13-18(33(28,29)24-9-11-30-12-10-24)7-8-20(19)31-17-5-3-2-4-6-17/h2-8,13,15H,9-12,14H2,1H3,(H,23,26). The van der Waals surface area contributed by atoms with E-state index in [0.717, 1.165) is 11.3 Å². The van der Waals surface area contributed by atoms with Crippen LogP contribution in [0.15, 0.2) is 63.6 Å². The molecular weight excluding hydrogens is 466 g/mol. The Kier molecular flexibility index (Phi) is 6.94. The zero-order chi connectivity index (χ0) is 23.4. The predicted octanol–water partition coefficient (Wildman–Crippen LogP) is 2.67. The van der Waals surface area contributed by atoms with E-state index in [-0.39, 0.29) is 40.8 Å². The van der Waals surface area contributed by atoms with Gasteiger partial charge in [-0.3, -0.25) is 14.2 Å². The Hall–Kier alpha value is -2.99. The number of thiazole rings is 1. The van der Waals surface area contributed by atoms with Crippen LogP contribution in [0.1, 0.15) is 5.69 Å². The molecule has 174 valence electrons. The highest BCUT2D eigenvalue weighted by atomic mass is 32.2. The van der Waals surface area contributed by atoms with E-state index >= 15 is 0 Å². The van der Waals surface area contributed by atoms with E-state index in [1.807, 2.05) is 6.07 Å². The summed E-state index contributed by atoms with van der Waals surface area (Å²) in [6, 6.07) is 13.3. The van der Waals surface area contributed by atoms with Crippen LogP contribution in [0.3, 0.4) is 0 Å². The molecule has 1 N–H and O–H groups in total. The van der Waals surface area contributed by atoms with E-state index in [4.69, 9.17) is 9.47 Å². The second-order valence-electron chi connectivity index (χ2n) is 7.37. The highest BCUT2D eigenvalue weighted by Gasteiger charge is 2.27. The van der Waals surface area contributed by atoms with Gasteiger partial charge in [0, 0.05) is 24.2 Å². The van der Waals surface area contributed by atoms with Gasteiger partial charge >= 0.3 is 4.87 Å². The Morgan fingerprint density at radius 1 is 1.15 bits per heavy atom. The number of carbonyl (C=O) groups excluding carboxylic acids is 1. The van der Waals surface area contributed by atoms with Crippen LogP contribution < -0.4 is 14.9 Å². The molecule has 2 aromatic carbocycles. The molecule has 2 heterocycles. The smallest absolute Gasteiger partial charge is 0.307 e. The first kappa shape index (κ1) is 23.2. The van der Waals surface area contributed by atoms with Crippen molar-refractivity contribution >= 4 is 33.0 Å². The second kappa shape index (κ2) is 9.87. The number of nitrogens with zero attached hydrogens (tertiary/aromatic N) is 2. The lowest BCUT2D eigenvalue weighted by Gasteiger charge is -2.26. The van der Waals surface area contributed by atoms with Crippen molar-refractivity contribution in [2.75, 3.05) is 31.6 Å². The molecule has 0 radical (unpaired) electrons.